The van der Waals surface area contributed by atoms with Crippen LogP contribution >= 0.6 is 0 Å². The molecule has 0 aromatic heterocycles. The number of urea groups is 1. The highest BCUT2D eigenvalue weighted by Gasteiger charge is 2.13. The molecule has 1 rings (SSSR count). The fourth-order valence-corrected chi connectivity index (χ4v) is 1.99. The van der Waals surface area contributed by atoms with Crippen molar-refractivity contribution in [3.8, 4) is 0 Å². The van der Waals surface area contributed by atoms with Crippen molar-refractivity contribution in [1.82, 2.24) is 15.5 Å². The molecule has 1 aromatic carbocycles. The molecule has 0 bridgehead atoms. The van der Waals surface area contributed by atoms with Gasteiger partial charge in [-0.05, 0) is 26.5 Å². The summed E-state index contributed by atoms with van der Waals surface area (Å²) in [6, 6.07) is 6.08. The van der Waals surface area contributed by atoms with Gasteiger partial charge in [0.2, 0.25) is 0 Å². The first-order valence-electron chi connectivity index (χ1n) is 7.60. The summed E-state index contributed by atoms with van der Waals surface area (Å²) in [5, 5.41) is 15.1. The smallest absolute Gasteiger partial charge is 0.314 e. The van der Waals surface area contributed by atoms with E-state index in [1.165, 1.54) is 12.1 Å². The molecule has 2 amide bonds. The molecule has 6 heteroatoms. The van der Waals surface area contributed by atoms with Crippen LogP contribution in [0.4, 0.5) is 9.18 Å². The van der Waals surface area contributed by atoms with E-state index in [0.717, 1.165) is 13.0 Å². The van der Waals surface area contributed by atoms with E-state index in [1.54, 1.807) is 12.1 Å². The Kier molecular flexibility index (Phi) is 7.84. The molecular formula is C16H26FN3O2. The second-order valence-electron chi connectivity index (χ2n) is 5.41. The molecule has 0 aliphatic rings. The van der Waals surface area contributed by atoms with Gasteiger partial charge in [0.1, 0.15) is 5.82 Å². The van der Waals surface area contributed by atoms with Crippen molar-refractivity contribution in [2.24, 2.45) is 0 Å². The number of benzene rings is 1. The lowest BCUT2D eigenvalue weighted by molar-refractivity contribution is 0.168. The number of amides is 2. The van der Waals surface area contributed by atoms with Gasteiger partial charge in [0, 0.05) is 31.2 Å². The van der Waals surface area contributed by atoms with Crippen LogP contribution in [0.5, 0.6) is 0 Å². The number of carbonyl (C=O) groups excluding carboxylic acids is 1. The quantitative estimate of drug-likeness (QED) is 0.687. The van der Waals surface area contributed by atoms with Crippen molar-refractivity contribution in [3.63, 3.8) is 0 Å². The van der Waals surface area contributed by atoms with Gasteiger partial charge in [-0.15, -0.1) is 0 Å². The van der Waals surface area contributed by atoms with Crippen LogP contribution in [0, 0.1) is 5.82 Å². The highest BCUT2D eigenvalue weighted by molar-refractivity contribution is 5.73. The Labute approximate surface area is 131 Å². The molecule has 1 aromatic rings. The fourth-order valence-electron chi connectivity index (χ4n) is 1.99. The first-order valence-corrected chi connectivity index (χ1v) is 7.60. The van der Waals surface area contributed by atoms with E-state index < -0.39 is 11.9 Å². The predicted molar refractivity (Wildman–Crippen MR) is 85.1 cm³/mol. The number of aliphatic hydroxyl groups excluding tert-OH is 1. The molecule has 2 unspecified atom stereocenters. The number of nitrogens with zero attached hydrogens (tertiary/aromatic N) is 1. The fraction of sp³-hybridized carbons (Fsp3) is 0.562. The SMILES string of the molecule is CCC(C)N(C)CCNC(=O)NCC(O)c1ccccc1F. The lowest BCUT2D eigenvalue weighted by Crippen LogP contribution is -2.42. The Hall–Kier alpha value is -1.66. The Morgan fingerprint density at radius 3 is 2.68 bits per heavy atom. The number of aliphatic hydroxyl groups is 1. The molecule has 5 nitrogen and oxygen atoms in total. The summed E-state index contributed by atoms with van der Waals surface area (Å²) in [6.07, 6.45) is -0.00732. The van der Waals surface area contributed by atoms with Crippen molar-refractivity contribution in [2.45, 2.75) is 32.4 Å². The van der Waals surface area contributed by atoms with Crippen LogP contribution in [0.2, 0.25) is 0 Å². The molecule has 2 atom stereocenters. The van der Waals surface area contributed by atoms with Crippen LogP contribution in [-0.4, -0.2) is 48.8 Å². The molecule has 0 fully saturated rings. The van der Waals surface area contributed by atoms with Crippen molar-refractivity contribution >= 4 is 6.03 Å². The van der Waals surface area contributed by atoms with Gasteiger partial charge in [-0.2, -0.15) is 0 Å². The van der Waals surface area contributed by atoms with Gasteiger partial charge in [0.25, 0.3) is 0 Å². The maximum absolute atomic E-state index is 13.5. The van der Waals surface area contributed by atoms with Crippen molar-refractivity contribution < 1.29 is 14.3 Å². The molecule has 124 valence electrons. The van der Waals surface area contributed by atoms with Crippen molar-refractivity contribution in [2.75, 3.05) is 26.7 Å². The van der Waals surface area contributed by atoms with E-state index >= 15 is 0 Å². The monoisotopic (exact) mass is 311 g/mol. The van der Waals surface area contributed by atoms with Crippen LogP contribution in [0.15, 0.2) is 24.3 Å². The topological polar surface area (TPSA) is 64.6 Å². The molecule has 0 radical (unpaired) electrons. The maximum atomic E-state index is 13.5. The highest BCUT2D eigenvalue weighted by Crippen LogP contribution is 2.15. The molecule has 0 saturated heterocycles. The van der Waals surface area contributed by atoms with Gasteiger partial charge in [-0.25, -0.2) is 9.18 Å². The van der Waals surface area contributed by atoms with Gasteiger partial charge in [-0.3, -0.25) is 0 Å². The van der Waals surface area contributed by atoms with Crippen LogP contribution in [0.25, 0.3) is 0 Å². The minimum Gasteiger partial charge on any atom is -0.386 e. The Morgan fingerprint density at radius 2 is 2.05 bits per heavy atom. The summed E-state index contributed by atoms with van der Waals surface area (Å²) < 4.78 is 13.5. The molecule has 3 N–H and O–H groups in total. The van der Waals surface area contributed by atoms with Crippen LogP contribution in [-0.2, 0) is 0 Å². The summed E-state index contributed by atoms with van der Waals surface area (Å²) in [7, 11) is 2.01. The van der Waals surface area contributed by atoms with E-state index in [1.807, 2.05) is 7.05 Å². The Balaban J connectivity index is 2.27. The zero-order valence-electron chi connectivity index (χ0n) is 13.5. The maximum Gasteiger partial charge on any atom is 0.314 e. The van der Waals surface area contributed by atoms with Crippen molar-refractivity contribution in [1.29, 1.82) is 0 Å². The molecular weight excluding hydrogens is 285 g/mol. The highest BCUT2D eigenvalue weighted by atomic mass is 19.1. The van der Waals surface area contributed by atoms with E-state index in [0.29, 0.717) is 12.6 Å². The number of nitrogens with one attached hydrogen (secondary N) is 2. The number of halogens is 1. The second kappa shape index (κ2) is 9.38. The normalized spacial score (nSPS) is 13.7. The number of likely N-dealkylation sites (N-methyl/N-ethyl adjacent to an activating group) is 1. The minimum absolute atomic E-state index is 0.0338. The molecule has 0 saturated carbocycles. The van der Waals surface area contributed by atoms with Gasteiger partial charge in [-0.1, -0.05) is 25.1 Å². The molecule has 0 heterocycles. The third-order valence-electron chi connectivity index (χ3n) is 3.81. The average molecular weight is 311 g/mol. The molecule has 0 spiro atoms. The van der Waals surface area contributed by atoms with E-state index in [9.17, 15) is 14.3 Å². The third kappa shape index (κ3) is 5.99. The summed E-state index contributed by atoms with van der Waals surface area (Å²) in [6.45, 7) is 5.48. The standard InChI is InChI=1S/C16H26FN3O2/c1-4-12(2)20(3)10-9-18-16(22)19-11-15(21)13-7-5-6-8-14(13)17/h5-8,12,15,21H,4,9-11H2,1-3H3,(H2,18,19,22). The Morgan fingerprint density at radius 1 is 1.36 bits per heavy atom. The molecule has 22 heavy (non-hydrogen) atoms. The lowest BCUT2D eigenvalue weighted by Gasteiger charge is -2.23. The molecule has 0 aliphatic heterocycles. The van der Waals surface area contributed by atoms with E-state index in [4.69, 9.17) is 0 Å². The van der Waals surface area contributed by atoms with Gasteiger partial charge < -0.3 is 20.6 Å². The van der Waals surface area contributed by atoms with Gasteiger partial charge >= 0.3 is 6.03 Å². The summed E-state index contributed by atoms with van der Waals surface area (Å²) in [5.74, 6) is -0.479. The van der Waals surface area contributed by atoms with Crippen LogP contribution in [0.3, 0.4) is 0 Å². The largest absolute Gasteiger partial charge is 0.386 e. The number of carbonyl (C=O) groups is 1. The number of hydrogen-bond acceptors (Lipinski definition) is 3. The first-order chi connectivity index (χ1) is 10.5. The summed E-state index contributed by atoms with van der Waals surface area (Å²) >= 11 is 0. The second-order valence-corrected chi connectivity index (χ2v) is 5.41. The summed E-state index contributed by atoms with van der Waals surface area (Å²) in [5.41, 5.74) is 0.180. The summed E-state index contributed by atoms with van der Waals surface area (Å²) in [4.78, 5) is 13.8. The molecule has 0 aliphatic carbocycles. The first kappa shape index (κ1) is 18.4. The number of rotatable bonds is 8. The third-order valence-corrected chi connectivity index (χ3v) is 3.81. The van der Waals surface area contributed by atoms with E-state index in [-0.39, 0.29) is 18.1 Å². The van der Waals surface area contributed by atoms with Gasteiger partial charge in [0.05, 0.1) is 6.10 Å². The lowest BCUT2D eigenvalue weighted by atomic mass is 10.1. The van der Waals surface area contributed by atoms with Crippen LogP contribution in [0.1, 0.15) is 31.9 Å². The zero-order valence-corrected chi connectivity index (χ0v) is 13.5. The number of hydrogen-bond donors (Lipinski definition) is 3. The van der Waals surface area contributed by atoms with Crippen LogP contribution < -0.4 is 10.6 Å². The van der Waals surface area contributed by atoms with Crippen molar-refractivity contribution in [3.05, 3.63) is 35.6 Å². The zero-order chi connectivity index (χ0) is 16.5. The minimum atomic E-state index is -1.06. The predicted octanol–water partition coefficient (Wildman–Crippen LogP) is 1.89. The Bertz CT molecular complexity index is 470. The van der Waals surface area contributed by atoms with E-state index in [2.05, 4.69) is 29.4 Å². The van der Waals surface area contributed by atoms with Gasteiger partial charge in [0.15, 0.2) is 0 Å². The average Bonchev–Trinajstić information content (AvgIpc) is 2.52.